The summed E-state index contributed by atoms with van der Waals surface area (Å²) in [5.41, 5.74) is 1.17. The molecule has 1 aromatic heterocycles. The van der Waals surface area contributed by atoms with E-state index in [1.807, 2.05) is 30.3 Å². The van der Waals surface area contributed by atoms with E-state index in [0.717, 1.165) is 49.7 Å². The molecule has 2 aromatic rings. The number of ether oxygens (including phenoxy) is 2. The van der Waals surface area contributed by atoms with Crippen LogP contribution in [0.5, 0.6) is 0 Å². The van der Waals surface area contributed by atoms with Crippen molar-refractivity contribution in [2.24, 2.45) is 0 Å². The molecule has 1 aliphatic heterocycles. The maximum atomic E-state index is 12.4. The molecule has 1 aliphatic carbocycles. The lowest BCUT2D eigenvalue weighted by atomic mass is 9.79. The predicted molar refractivity (Wildman–Crippen MR) is 119 cm³/mol. The van der Waals surface area contributed by atoms with Gasteiger partial charge in [0.25, 0.3) is 5.91 Å². The van der Waals surface area contributed by atoms with Gasteiger partial charge >= 0.3 is 5.97 Å². The largest absolute Gasteiger partial charge is 0.451 e. The quantitative estimate of drug-likeness (QED) is 0.663. The lowest BCUT2D eigenvalue weighted by Gasteiger charge is -2.48. The number of amides is 1. The van der Waals surface area contributed by atoms with Crippen LogP contribution in [-0.4, -0.2) is 66.8 Å². The summed E-state index contributed by atoms with van der Waals surface area (Å²) >= 11 is 1.38. The molecule has 31 heavy (non-hydrogen) atoms. The van der Waals surface area contributed by atoms with Crippen LogP contribution in [0.15, 0.2) is 35.7 Å². The molecule has 0 radical (unpaired) electrons. The second kappa shape index (κ2) is 10.3. The second-order valence-corrected chi connectivity index (χ2v) is 9.00. The second-order valence-electron chi connectivity index (χ2n) is 8.14. The highest BCUT2D eigenvalue weighted by molar-refractivity contribution is 7.13. The van der Waals surface area contributed by atoms with Gasteiger partial charge in [0.1, 0.15) is 5.01 Å². The fourth-order valence-electron chi connectivity index (χ4n) is 4.45. The number of benzene rings is 1. The van der Waals surface area contributed by atoms with Crippen LogP contribution in [0.25, 0.3) is 10.6 Å². The summed E-state index contributed by atoms with van der Waals surface area (Å²) in [6, 6.07) is 9.67. The molecule has 0 atom stereocenters. The van der Waals surface area contributed by atoms with Gasteiger partial charge in [0.2, 0.25) is 0 Å². The summed E-state index contributed by atoms with van der Waals surface area (Å²) in [7, 11) is 0. The minimum absolute atomic E-state index is 0.0127. The lowest BCUT2D eigenvalue weighted by molar-refractivity contribution is -0.125. The van der Waals surface area contributed by atoms with Gasteiger partial charge in [-0.1, -0.05) is 49.6 Å². The fraction of sp³-hybridized carbons (Fsp3) is 0.522. The number of rotatable bonds is 7. The molecule has 166 valence electrons. The van der Waals surface area contributed by atoms with Crippen LogP contribution >= 0.6 is 11.3 Å². The van der Waals surface area contributed by atoms with Crippen LogP contribution in [0.4, 0.5) is 0 Å². The number of hydrogen-bond acceptors (Lipinski definition) is 7. The molecular formula is C23H29N3O4S. The van der Waals surface area contributed by atoms with E-state index < -0.39 is 5.97 Å². The molecule has 4 rings (SSSR count). The van der Waals surface area contributed by atoms with Crippen LogP contribution in [0, 0.1) is 0 Å². The first-order valence-corrected chi connectivity index (χ1v) is 11.8. The summed E-state index contributed by atoms with van der Waals surface area (Å²) in [4.78, 5) is 31.6. The molecule has 7 nitrogen and oxygen atoms in total. The van der Waals surface area contributed by atoms with E-state index in [4.69, 9.17) is 9.47 Å². The average molecular weight is 444 g/mol. The van der Waals surface area contributed by atoms with Gasteiger partial charge in [-0.3, -0.25) is 9.69 Å². The summed E-state index contributed by atoms with van der Waals surface area (Å²) in [6.07, 6.45) is 5.75. The zero-order valence-corrected chi connectivity index (χ0v) is 18.5. The smallest absolute Gasteiger partial charge is 0.358 e. The van der Waals surface area contributed by atoms with Crippen molar-refractivity contribution >= 4 is 23.2 Å². The van der Waals surface area contributed by atoms with Crippen molar-refractivity contribution in [3.05, 3.63) is 41.4 Å². The summed E-state index contributed by atoms with van der Waals surface area (Å²) in [5, 5.41) is 5.43. The molecule has 0 bridgehead atoms. The standard InChI is InChI=1S/C23H29N3O4S/c27-20(24-17-23(9-5-2-6-10-23)26-11-13-29-14-12-26)15-30-22(28)19-16-31-21(25-19)18-7-3-1-4-8-18/h1,3-4,7-8,16H,2,5-6,9-15,17H2,(H,24,27). The van der Waals surface area contributed by atoms with E-state index in [-0.39, 0.29) is 23.7 Å². The SMILES string of the molecule is O=C(COC(=O)c1csc(-c2ccccc2)n1)NCC1(N2CCOCC2)CCCCC1. The number of carbonyl (C=O) groups excluding carboxylic acids is 2. The van der Waals surface area contributed by atoms with Gasteiger partial charge in [0.15, 0.2) is 12.3 Å². The number of hydrogen-bond donors (Lipinski definition) is 1. The fourth-order valence-corrected chi connectivity index (χ4v) is 5.25. The Morgan fingerprint density at radius 1 is 1.13 bits per heavy atom. The van der Waals surface area contributed by atoms with Crippen molar-refractivity contribution in [3.8, 4) is 10.6 Å². The van der Waals surface area contributed by atoms with E-state index in [2.05, 4.69) is 15.2 Å². The topological polar surface area (TPSA) is 80.8 Å². The number of morpholine rings is 1. The average Bonchev–Trinajstić information content (AvgIpc) is 3.33. The van der Waals surface area contributed by atoms with Crippen molar-refractivity contribution < 1.29 is 19.1 Å². The molecule has 2 fully saturated rings. The van der Waals surface area contributed by atoms with E-state index in [1.165, 1.54) is 30.6 Å². The van der Waals surface area contributed by atoms with E-state index in [9.17, 15) is 9.59 Å². The van der Waals surface area contributed by atoms with Crippen LogP contribution in [-0.2, 0) is 14.3 Å². The first kappa shape index (κ1) is 21.9. The highest BCUT2D eigenvalue weighted by atomic mass is 32.1. The van der Waals surface area contributed by atoms with Crippen molar-refractivity contribution in [1.29, 1.82) is 0 Å². The maximum Gasteiger partial charge on any atom is 0.358 e. The minimum atomic E-state index is -0.575. The monoisotopic (exact) mass is 443 g/mol. The van der Waals surface area contributed by atoms with Gasteiger partial charge in [0.05, 0.1) is 13.2 Å². The van der Waals surface area contributed by atoms with Crippen LogP contribution in [0.3, 0.4) is 0 Å². The van der Waals surface area contributed by atoms with E-state index in [1.54, 1.807) is 5.38 Å². The highest BCUT2D eigenvalue weighted by Crippen LogP contribution is 2.33. The number of thiazole rings is 1. The number of carbonyl (C=O) groups is 2. The van der Waals surface area contributed by atoms with Crippen molar-refractivity contribution in [2.45, 2.75) is 37.6 Å². The molecule has 1 saturated carbocycles. The van der Waals surface area contributed by atoms with E-state index >= 15 is 0 Å². The number of esters is 1. The first-order chi connectivity index (χ1) is 15.2. The molecule has 1 saturated heterocycles. The van der Waals surface area contributed by atoms with Crippen molar-refractivity contribution in [3.63, 3.8) is 0 Å². The van der Waals surface area contributed by atoms with Gasteiger partial charge in [0, 0.05) is 36.1 Å². The van der Waals surface area contributed by atoms with Gasteiger partial charge in [-0.2, -0.15) is 0 Å². The molecule has 0 spiro atoms. The summed E-state index contributed by atoms with van der Waals surface area (Å²) in [5.74, 6) is -0.848. The molecule has 8 heteroatoms. The molecule has 1 aromatic carbocycles. The molecular weight excluding hydrogens is 414 g/mol. The Labute approximate surface area is 186 Å². The molecule has 1 N–H and O–H groups in total. The predicted octanol–water partition coefficient (Wildman–Crippen LogP) is 3.12. The third-order valence-electron chi connectivity index (χ3n) is 6.15. The summed E-state index contributed by atoms with van der Waals surface area (Å²) in [6.45, 7) is 3.57. The Hall–Kier alpha value is -2.29. The Bertz CT molecular complexity index is 874. The Morgan fingerprint density at radius 3 is 2.61 bits per heavy atom. The molecule has 2 heterocycles. The van der Waals surface area contributed by atoms with Gasteiger partial charge in [-0.15, -0.1) is 11.3 Å². The summed E-state index contributed by atoms with van der Waals surface area (Å²) < 4.78 is 10.7. The maximum absolute atomic E-state index is 12.4. The third kappa shape index (κ3) is 5.50. The van der Waals surface area contributed by atoms with Gasteiger partial charge in [-0.05, 0) is 12.8 Å². The van der Waals surface area contributed by atoms with Crippen molar-refractivity contribution in [2.75, 3.05) is 39.5 Å². The molecule has 0 unspecified atom stereocenters. The van der Waals surface area contributed by atoms with Crippen LogP contribution in [0.1, 0.15) is 42.6 Å². The number of nitrogens with one attached hydrogen (secondary N) is 1. The van der Waals surface area contributed by atoms with Gasteiger partial charge < -0.3 is 14.8 Å². The zero-order chi connectivity index (χ0) is 21.5. The normalized spacial score (nSPS) is 19.0. The van der Waals surface area contributed by atoms with Crippen LogP contribution in [0.2, 0.25) is 0 Å². The number of aromatic nitrogens is 1. The minimum Gasteiger partial charge on any atom is -0.451 e. The van der Waals surface area contributed by atoms with Crippen molar-refractivity contribution in [1.82, 2.24) is 15.2 Å². The molecule has 1 amide bonds. The van der Waals surface area contributed by atoms with Crippen LogP contribution < -0.4 is 5.32 Å². The zero-order valence-electron chi connectivity index (χ0n) is 17.7. The Kier molecular flexibility index (Phi) is 7.32. The first-order valence-electron chi connectivity index (χ1n) is 10.9. The number of nitrogens with zero attached hydrogens (tertiary/aromatic N) is 2. The van der Waals surface area contributed by atoms with E-state index in [0.29, 0.717) is 6.54 Å². The molecule has 2 aliphatic rings. The lowest BCUT2D eigenvalue weighted by Crippen LogP contribution is -2.59. The highest BCUT2D eigenvalue weighted by Gasteiger charge is 2.38. The Morgan fingerprint density at radius 2 is 1.87 bits per heavy atom. The van der Waals surface area contributed by atoms with Gasteiger partial charge in [-0.25, -0.2) is 9.78 Å². The Balaban J connectivity index is 1.28. The third-order valence-corrected chi connectivity index (χ3v) is 7.04.